The summed E-state index contributed by atoms with van der Waals surface area (Å²) < 4.78 is 11.8. The molecular formula is C27H29NO4S. The van der Waals surface area contributed by atoms with Crippen LogP contribution in [0.25, 0.3) is 0 Å². The Morgan fingerprint density at radius 1 is 0.970 bits per heavy atom. The van der Waals surface area contributed by atoms with E-state index in [1.165, 1.54) is 0 Å². The molecule has 3 rings (SSSR count). The second-order valence-corrected chi connectivity index (χ2v) is 8.21. The highest BCUT2D eigenvalue weighted by Gasteiger charge is 2.34. The number of ether oxygens (including phenoxy) is 2. The summed E-state index contributed by atoms with van der Waals surface area (Å²) in [6.45, 7) is 4.68. The van der Waals surface area contributed by atoms with Crippen molar-refractivity contribution in [2.24, 2.45) is 0 Å². The largest absolute Gasteiger partial charge is 0.479 e. The summed E-state index contributed by atoms with van der Waals surface area (Å²) in [5.74, 6) is -0.332. The maximum atomic E-state index is 11.4. The number of thiocarbonyl (C=S) groups is 1. The molecule has 0 bridgehead atoms. The molecule has 0 aliphatic rings. The average molecular weight is 464 g/mol. The van der Waals surface area contributed by atoms with E-state index < -0.39 is 17.7 Å². The third kappa shape index (κ3) is 6.63. The van der Waals surface area contributed by atoms with Gasteiger partial charge < -0.3 is 19.9 Å². The van der Waals surface area contributed by atoms with Crippen molar-refractivity contribution >= 4 is 23.2 Å². The van der Waals surface area contributed by atoms with Gasteiger partial charge in [0.25, 0.3) is 0 Å². The van der Waals surface area contributed by atoms with E-state index in [0.717, 1.165) is 16.7 Å². The highest BCUT2D eigenvalue weighted by Crippen LogP contribution is 2.30. The first kappa shape index (κ1) is 24.4. The molecule has 33 heavy (non-hydrogen) atoms. The van der Waals surface area contributed by atoms with E-state index in [1.54, 1.807) is 6.92 Å². The first-order chi connectivity index (χ1) is 15.9. The van der Waals surface area contributed by atoms with E-state index in [4.69, 9.17) is 21.7 Å². The summed E-state index contributed by atoms with van der Waals surface area (Å²) >= 11 is 5.79. The molecular weight excluding hydrogens is 434 g/mol. The number of carboxylic acids is 1. The lowest BCUT2D eigenvalue weighted by Gasteiger charge is -2.32. The minimum absolute atomic E-state index is 0.288. The third-order valence-corrected chi connectivity index (χ3v) is 5.90. The van der Waals surface area contributed by atoms with Gasteiger partial charge in [0.15, 0.2) is 11.7 Å². The molecule has 0 aromatic heterocycles. The average Bonchev–Trinajstić information content (AvgIpc) is 2.84. The van der Waals surface area contributed by atoms with Gasteiger partial charge in [-0.1, -0.05) is 85.0 Å². The zero-order valence-electron chi connectivity index (χ0n) is 18.9. The Balaban J connectivity index is 1.77. The molecule has 172 valence electrons. The van der Waals surface area contributed by atoms with E-state index in [2.05, 4.69) is 5.32 Å². The standard InChI is InChI=1S/C27H29NO4S/c1-3-31-24(25(29)30)18-20-14-16-23(17-15-20)32-27(2,22-12-8-5-9-13-22)26(33)28-19-21-10-6-4-7-11-21/h4-17,24H,3,18-19H2,1-2H3,(H,28,33)(H,29,30)/t24-,27-/m0/s1. The first-order valence-electron chi connectivity index (χ1n) is 10.9. The molecule has 2 atom stereocenters. The van der Waals surface area contributed by atoms with E-state index >= 15 is 0 Å². The molecule has 2 N–H and O–H groups in total. The predicted molar refractivity (Wildman–Crippen MR) is 133 cm³/mol. The van der Waals surface area contributed by atoms with Crippen LogP contribution in [0, 0.1) is 0 Å². The Hall–Kier alpha value is -3.22. The number of benzene rings is 3. The van der Waals surface area contributed by atoms with E-state index in [0.29, 0.717) is 23.9 Å². The maximum Gasteiger partial charge on any atom is 0.333 e. The second-order valence-electron chi connectivity index (χ2n) is 7.80. The van der Waals surface area contributed by atoms with Gasteiger partial charge in [0.2, 0.25) is 0 Å². The molecule has 0 unspecified atom stereocenters. The number of carbonyl (C=O) groups is 1. The number of rotatable bonds is 11. The maximum absolute atomic E-state index is 11.4. The van der Waals surface area contributed by atoms with Crippen molar-refractivity contribution in [3.63, 3.8) is 0 Å². The molecule has 0 radical (unpaired) electrons. The summed E-state index contributed by atoms with van der Waals surface area (Å²) in [5, 5.41) is 12.7. The van der Waals surface area contributed by atoms with Crippen molar-refractivity contribution in [1.82, 2.24) is 5.32 Å². The van der Waals surface area contributed by atoms with Crippen molar-refractivity contribution in [2.75, 3.05) is 6.61 Å². The predicted octanol–water partition coefficient (Wildman–Crippen LogP) is 5.13. The van der Waals surface area contributed by atoms with Crippen molar-refractivity contribution in [3.05, 3.63) is 102 Å². The Kier molecular flexibility index (Phi) is 8.58. The van der Waals surface area contributed by atoms with Gasteiger partial charge in [-0.15, -0.1) is 0 Å². The number of carboxylic acid groups (broad SMARTS) is 1. The smallest absolute Gasteiger partial charge is 0.333 e. The van der Waals surface area contributed by atoms with Crippen LogP contribution in [0.1, 0.15) is 30.5 Å². The van der Waals surface area contributed by atoms with Crippen LogP contribution >= 0.6 is 12.2 Å². The van der Waals surface area contributed by atoms with Gasteiger partial charge in [-0.05, 0) is 37.1 Å². The molecule has 5 nitrogen and oxygen atoms in total. The highest BCUT2D eigenvalue weighted by molar-refractivity contribution is 7.80. The second kappa shape index (κ2) is 11.6. The van der Waals surface area contributed by atoms with E-state index in [1.807, 2.05) is 91.9 Å². The lowest BCUT2D eigenvalue weighted by Crippen LogP contribution is -2.45. The van der Waals surface area contributed by atoms with Gasteiger partial charge >= 0.3 is 5.97 Å². The molecule has 3 aromatic carbocycles. The monoisotopic (exact) mass is 463 g/mol. The van der Waals surface area contributed by atoms with Crippen LogP contribution < -0.4 is 10.1 Å². The molecule has 0 heterocycles. The Bertz CT molecular complexity index is 1040. The van der Waals surface area contributed by atoms with Crippen LogP contribution in [0.2, 0.25) is 0 Å². The zero-order chi connectivity index (χ0) is 23.7. The fourth-order valence-electron chi connectivity index (χ4n) is 3.50. The normalized spacial score (nSPS) is 13.5. The number of nitrogens with one attached hydrogen (secondary N) is 1. The molecule has 0 aliphatic carbocycles. The van der Waals surface area contributed by atoms with E-state index in [9.17, 15) is 9.90 Å². The minimum atomic E-state index is -0.969. The molecule has 0 amide bonds. The highest BCUT2D eigenvalue weighted by atomic mass is 32.1. The SMILES string of the molecule is CCO[C@@H](Cc1ccc(O[C@](C)(C(=S)NCc2ccccc2)c2ccccc2)cc1)C(=O)O. The fraction of sp³-hybridized carbons (Fsp3) is 0.259. The molecule has 6 heteroatoms. The summed E-state index contributed by atoms with van der Waals surface area (Å²) in [5.41, 5.74) is 2.03. The van der Waals surface area contributed by atoms with Crippen LogP contribution in [-0.4, -0.2) is 28.8 Å². The van der Waals surface area contributed by atoms with Gasteiger partial charge in [-0.3, -0.25) is 0 Å². The van der Waals surface area contributed by atoms with Gasteiger partial charge in [0, 0.05) is 25.1 Å². The summed E-state index contributed by atoms with van der Waals surface area (Å²) in [6.07, 6.45) is -0.581. The van der Waals surface area contributed by atoms with Crippen LogP contribution in [0.5, 0.6) is 5.75 Å². The molecule has 3 aromatic rings. The molecule has 0 saturated heterocycles. The van der Waals surface area contributed by atoms with Crippen molar-refractivity contribution in [3.8, 4) is 5.75 Å². The Morgan fingerprint density at radius 2 is 1.58 bits per heavy atom. The lowest BCUT2D eigenvalue weighted by atomic mass is 9.95. The number of hydrogen-bond acceptors (Lipinski definition) is 4. The van der Waals surface area contributed by atoms with Crippen molar-refractivity contribution < 1.29 is 19.4 Å². The lowest BCUT2D eigenvalue weighted by molar-refractivity contribution is -0.149. The van der Waals surface area contributed by atoms with Gasteiger partial charge in [-0.25, -0.2) is 4.79 Å². The fourth-order valence-corrected chi connectivity index (χ4v) is 3.73. The van der Waals surface area contributed by atoms with Crippen molar-refractivity contribution in [2.45, 2.75) is 38.5 Å². The zero-order valence-corrected chi connectivity index (χ0v) is 19.7. The topological polar surface area (TPSA) is 67.8 Å². The van der Waals surface area contributed by atoms with Gasteiger partial charge in [0.1, 0.15) is 10.7 Å². The Morgan fingerprint density at radius 3 is 2.15 bits per heavy atom. The molecule has 0 aliphatic heterocycles. The number of aliphatic carboxylic acids is 1. The van der Waals surface area contributed by atoms with Crippen LogP contribution in [0.15, 0.2) is 84.9 Å². The third-order valence-electron chi connectivity index (χ3n) is 5.36. The van der Waals surface area contributed by atoms with Crippen LogP contribution in [0.3, 0.4) is 0 Å². The summed E-state index contributed by atoms with van der Waals surface area (Å²) in [4.78, 5) is 11.9. The first-order valence-corrected chi connectivity index (χ1v) is 11.3. The molecule has 0 fully saturated rings. The van der Waals surface area contributed by atoms with Crippen LogP contribution in [0.4, 0.5) is 0 Å². The van der Waals surface area contributed by atoms with Crippen LogP contribution in [-0.2, 0) is 28.1 Å². The van der Waals surface area contributed by atoms with E-state index in [-0.39, 0.29) is 6.42 Å². The molecule has 0 saturated carbocycles. The van der Waals surface area contributed by atoms with Crippen molar-refractivity contribution in [1.29, 1.82) is 0 Å². The Labute approximate surface area is 200 Å². The quantitative estimate of drug-likeness (QED) is 0.384. The van der Waals surface area contributed by atoms with Gasteiger partial charge in [-0.2, -0.15) is 0 Å². The number of hydrogen-bond donors (Lipinski definition) is 2. The summed E-state index contributed by atoms with van der Waals surface area (Å²) in [6, 6.07) is 27.3. The van der Waals surface area contributed by atoms with Gasteiger partial charge in [0.05, 0.1) is 0 Å². The summed E-state index contributed by atoms with van der Waals surface area (Å²) in [7, 11) is 0. The minimum Gasteiger partial charge on any atom is -0.479 e. The molecule has 0 spiro atoms.